The number of piperidine rings is 1. The van der Waals surface area contributed by atoms with Gasteiger partial charge in [-0.25, -0.2) is 8.42 Å². The Kier molecular flexibility index (Phi) is 4.94. The number of hydrogen-bond acceptors (Lipinski definition) is 5. The molecule has 172 valence electrons. The number of sulfonamides is 1. The minimum absolute atomic E-state index is 0.0640. The molecule has 33 heavy (non-hydrogen) atoms. The fraction of sp³-hybridized carbons (Fsp3) is 0.440. The summed E-state index contributed by atoms with van der Waals surface area (Å²) in [6.45, 7) is 2.20. The largest absolute Gasteiger partial charge is 0.363 e. The van der Waals surface area contributed by atoms with Gasteiger partial charge in [-0.05, 0) is 66.1 Å². The van der Waals surface area contributed by atoms with Crippen LogP contribution < -0.4 is 0 Å². The highest BCUT2D eigenvalue weighted by Crippen LogP contribution is 2.37. The van der Waals surface area contributed by atoms with Crippen LogP contribution in [-0.4, -0.2) is 67.6 Å². The number of aliphatic imine (C=N–C) groups is 1. The van der Waals surface area contributed by atoms with E-state index in [1.807, 2.05) is 29.3 Å². The number of benzene rings is 2. The van der Waals surface area contributed by atoms with E-state index in [0.29, 0.717) is 50.0 Å². The van der Waals surface area contributed by atoms with Crippen LogP contribution in [0.1, 0.15) is 36.8 Å². The smallest absolute Gasteiger partial charge is 0.248 e. The molecule has 1 spiro atoms. The normalized spacial score (nSPS) is 22.7. The highest BCUT2D eigenvalue weighted by atomic mass is 32.2. The third-order valence-corrected chi connectivity index (χ3v) is 9.28. The van der Waals surface area contributed by atoms with Crippen molar-refractivity contribution in [1.82, 2.24) is 9.21 Å². The molecule has 0 N–H and O–H groups in total. The summed E-state index contributed by atoms with van der Waals surface area (Å²) in [7, 11) is -3.58. The van der Waals surface area contributed by atoms with Crippen LogP contribution in [-0.2, 0) is 26.1 Å². The van der Waals surface area contributed by atoms with Crippen LogP contribution in [0.4, 0.5) is 0 Å². The van der Waals surface area contributed by atoms with Crippen molar-refractivity contribution in [2.24, 2.45) is 4.99 Å². The monoisotopic (exact) mass is 465 g/mol. The van der Waals surface area contributed by atoms with Gasteiger partial charge >= 0.3 is 0 Å². The number of hydrogen-bond donors (Lipinski definition) is 0. The number of rotatable bonds is 4. The van der Waals surface area contributed by atoms with Crippen LogP contribution in [0.25, 0.3) is 11.1 Å². The van der Waals surface area contributed by atoms with Gasteiger partial charge in [0.2, 0.25) is 15.9 Å². The Bertz CT molecular complexity index is 1230. The molecular formula is C25H27N3O4S. The van der Waals surface area contributed by atoms with E-state index in [0.717, 1.165) is 29.5 Å². The lowest BCUT2D eigenvalue weighted by Gasteiger charge is -2.46. The number of amides is 1. The molecule has 0 unspecified atom stereocenters. The van der Waals surface area contributed by atoms with E-state index in [2.05, 4.69) is 17.1 Å². The Morgan fingerprint density at radius 2 is 1.73 bits per heavy atom. The Balaban J connectivity index is 1.15. The van der Waals surface area contributed by atoms with Gasteiger partial charge in [0.1, 0.15) is 6.61 Å². The first-order chi connectivity index (χ1) is 15.9. The van der Waals surface area contributed by atoms with Gasteiger partial charge in [0.15, 0.2) is 0 Å². The van der Waals surface area contributed by atoms with Gasteiger partial charge in [0.05, 0.1) is 23.6 Å². The molecule has 0 radical (unpaired) electrons. The standard InChI is InChI=1S/C25H27N3O4S/c29-24-16-32-25(17-28(24)22-5-6-22)9-11-27(12-10-25)33(30,31)23-7-3-18(4-8-23)19-1-2-20-14-26-15-21(20)13-19/h1-4,7-8,13-14,22H,5-6,9-12,15-17H2. The lowest BCUT2D eigenvalue weighted by Crippen LogP contribution is -2.59. The Morgan fingerprint density at radius 3 is 2.45 bits per heavy atom. The van der Waals surface area contributed by atoms with E-state index in [1.165, 1.54) is 5.56 Å². The zero-order valence-corrected chi connectivity index (χ0v) is 19.3. The summed E-state index contributed by atoms with van der Waals surface area (Å²) in [6.07, 6.45) is 5.24. The number of carbonyl (C=O) groups excluding carboxylic acids is 1. The Morgan fingerprint density at radius 1 is 1.00 bits per heavy atom. The van der Waals surface area contributed by atoms with Gasteiger partial charge in [-0.1, -0.05) is 24.3 Å². The third kappa shape index (κ3) is 3.80. The molecule has 0 atom stereocenters. The van der Waals surface area contributed by atoms with Gasteiger partial charge in [0, 0.05) is 25.3 Å². The van der Waals surface area contributed by atoms with Gasteiger partial charge in [0.25, 0.3) is 0 Å². The zero-order chi connectivity index (χ0) is 22.6. The molecule has 7 nitrogen and oxygen atoms in total. The van der Waals surface area contributed by atoms with Crippen molar-refractivity contribution in [2.45, 2.75) is 48.8 Å². The van der Waals surface area contributed by atoms with Crippen molar-refractivity contribution in [3.05, 3.63) is 53.6 Å². The predicted molar refractivity (Wildman–Crippen MR) is 125 cm³/mol. The Labute approximate surface area is 194 Å². The molecule has 2 aromatic rings. The van der Waals surface area contributed by atoms with E-state index in [-0.39, 0.29) is 12.5 Å². The van der Waals surface area contributed by atoms with Gasteiger partial charge in [-0.3, -0.25) is 9.79 Å². The van der Waals surface area contributed by atoms with Crippen molar-refractivity contribution in [1.29, 1.82) is 0 Å². The first kappa shape index (κ1) is 21.0. The minimum atomic E-state index is -3.58. The molecule has 1 saturated carbocycles. The molecule has 4 aliphatic rings. The quantitative estimate of drug-likeness (QED) is 0.696. The van der Waals surface area contributed by atoms with Crippen LogP contribution in [0.3, 0.4) is 0 Å². The first-order valence-electron chi connectivity index (χ1n) is 11.6. The molecule has 3 heterocycles. The molecule has 3 fully saturated rings. The lowest BCUT2D eigenvalue weighted by molar-refractivity contribution is -0.170. The highest BCUT2D eigenvalue weighted by molar-refractivity contribution is 7.89. The van der Waals surface area contributed by atoms with Crippen molar-refractivity contribution in [3.63, 3.8) is 0 Å². The molecule has 0 aromatic heterocycles. The van der Waals surface area contributed by atoms with E-state index >= 15 is 0 Å². The second-order valence-corrected chi connectivity index (χ2v) is 11.5. The summed E-state index contributed by atoms with van der Waals surface area (Å²) in [4.78, 5) is 18.7. The molecule has 8 heteroatoms. The topological polar surface area (TPSA) is 79.3 Å². The van der Waals surface area contributed by atoms with Crippen LogP contribution >= 0.6 is 0 Å². The van der Waals surface area contributed by atoms with Crippen molar-refractivity contribution < 1.29 is 17.9 Å². The fourth-order valence-electron chi connectivity index (χ4n) is 5.16. The molecule has 1 amide bonds. The number of fused-ring (bicyclic) bond motifs is 1. The average molecular weight is 466 g/mol. The number of nitrogens with zero attached hydrogens (tertiary/aromatic N) is 3. The molecule has 2 saturated heterocycles. The zero-order valence-electron chi connectivity index (χ0n) is 18.4. The van der Waals surface area contributed by atoms with E-state index in [9.17, 15) is 13.2 Å². The maximum atomic E-state index is 13.3. The second-order valence-electron chi connectivity index (χ2n) is 9.54. The minimum Gasteiger partial charge on any atom is -0.363 e. The summed E-state index contributed by atoms with van der Waals surface area (Å²) in [6, 6.07) is 13.7. The van der Waals surface area contributed by atoms with E-state index in [4.69, 9.17) is 4.74 Å². The molecule has 0 bridgehead atoms. The maximum Gasteiger partial charge on any atom is 0.248 e. The van der Waals surface area contributed by atoms with Crippen molar-refractivity contribution >= 4 is 22.1 Å². The van der Waals surface area contributed by atoms with Crippen LogP contribution in [0.5, 0.6) is 0 Å². The van der Waals surface area contributed by atoms with Crippen molar-refractivity contribution in [3.8, 4) is 11.1 Å². The average Bonchev–Trinajstić information content (AvgIpc) is 3.57. The summed E-state index contributed by atoms with van der Waals surface area (Å²) in [5, 5.41) is 0. The molecule has 1 aliphatic carbocycles. The second kappa shape index (κ2) is 7.75. The summed E-state index contributed by atoms with van der Waals surface area (Å²) in [5.41, 5.74) is 3.98. The summed E-state index contributed by atoms with van der Waals surface area (Å²) >= 11 is 0. The molecule has 3 aliphatic heterocycles. The van der Waals surface area contributed by atoms with Gasteiger partial charge in [-0.2, -0.15) is 4.31 Å². The first-order valence-corrected chi connectivity index (χ1v) is 13.0. The van der Waals surface area contributed by atoms with Gasteiger partial charge in [-0.15, -0.1) is 0 Å². The number of ether oxygens (including phenoxy) is 1. The molecular weight excluding hydrogens is 438 g/mol. The number of carbonyl (C=O) groups is 1. The van der Waals surface area contributed by atoms with Gasteiger partial charge < -0.3 is 9.64 Å². The predicted octanol–water partition coefficient (Wildman–Crippen LogP) is 2.83. The van der Waals surface area contributed by atoms with Crippen LogP contribution in [0, 0.1) is 0 Å². The SMILES string of the molecule is O=C1COC2(CCN(S(=O)(=O)c3ccc(-c4ccc5c(c4)CN=C5)cc3)CC2)CN1C1CC1. The third-order valence-electron chi connectivity index (χ3n) is 7.36. The number of morpholine rings is 1. The van der Waals surface area contributed by atoms with Crippen LogP contribution in [0.2, 0.25) is 0 Å². The summed E-state index contributed by atoms with van der Waals surface area (Å²) < 4.78 is 34.1. The van der Waals surface area contributed by atoms with Crippen LogP contribution in [0.15, 0.2) is 52.4 Å². The van der Waals surface area contributed by atoms with Crippen molar-refractivity contribution in [2.75, 3.05) is 26.2 Å². The molecule has 6 rings (SSSR count). The maximum absolute atomic E-state index is 13.3. The Hall–Kier alpha value is -2.55. The van der Waals surface area contributed by atoms with E-state index in [1.54, 1.807) is 16.4 Å². The molecule has 2 aromatic carbocycles. The summed E-state index contributed by atoms with van der Waals surface area (Å²) in [5.74, 6) is 0.0640. The lowest BCUT2D eigenvalue weighted by atomic mass is 9.90. The highest BCUT2D eigenvalue weighted by Gasteiger charge is 2.47. The van der Waals surface area contributed by atoms with E-state index < -0.39 is 15.6 Å². The fourth-order valence-corrected chi connectivity index (χ4v) is 6.60.